The van der Waals surface area contributed by atoms with Gasteiger partial charge in [0.25, 0.3) is 5.91 Å². The average Bonchev–Trinajstić information content (AvgIpc) is 3.18. The average molecular weight is 473 g/mol. The maximum Gasteiger partial charge on any atom is 0.407 e. The maximum absolute atomic E-state index is 12.4. The van der Waals surface area contributed by atoms with Crippen LogP contribution in [-0.4, -0.2) is 35.7 Å². The Hall–Kier alpha value is -4.13. The normalized spacial score (nSPS) is 13.0. The van der Waals surface area contributed by atoms with Gasteiger partial charge in [0.1, 0.15) is 12.6 Å². The molecule has 180 valence electrons. The molecule has 0 heterocycles. The van der Waals surface area contributed by atoms with Gasteiger partial charge in [-0.25, -0.2) is 9.59 Å². The Morgan fingerprint density at radius 2 is 1.46 bits per heavy atom. The molecular formula is C28H28N2O5. The predicted molar refractivity (Wildman–Crippen MR) is 132 cm³/mol. The Morgan fingerprint density at radius 3 is 2.00 bits per heavy atom. The molecule has 1 atom stereocenters. The molecule has 0 aliphatic heterocycles. The largest absolute Gasteiger partial charge is 0.480 e. The molecule has 0 unspecified atom stereocenters. The zero-order valence-corrected chi connectivity index (χ0v) is 19.7. The summed E-state index contributed by atoms with van der Waals surface area (Å²) in [6.45, 7) is 3.94. The van der Waals surface area contributed by atoms with Gasteiger partial charge >= 0.3 is 12.1 Å². The standard InChI is InChI=1S/C28H28N2O5/c1-17(2)25(27(32)33)30-26(31)19-13-11-18(12-14-19)15-29-28(34)35-16-24-22-9-5-3-7-20(22)21-8-4-6-10-23(21)24/h3-14,17,24-25H,15-16H2,1-2H3,(H,29,34)(H,30,31)(H,32,33)/t25-/m0/s1. The molecule has 0 spiro atoms. The van der Waals surface area contributed by atoms with Gasteiger partial charge in [0.15, 0.2) is 0 Å². The van der Waals surface area contributed by atoms with E-state index in [1.165, 1.54) is 11.1 Å². The molecule has 0 bridgehead atoms. The number of nitrogens with one attached hydrogen (secondary N) is 2. The number of hydrogen-bond donors (Lipinski definition) is 3. The highest BCUT2D eigenvalue weighted by Crippen LogP contribution is 2.44. The first-order valence-corrected chi connectivity index (χ1v) is 11.6. The Morgan fingerprint density at radius 1 is 0.886 bits per heavy atom. The fourth-order valence-electron chi connectivity index (χ4n) is 4.34. The van der Waals surface area contributed by atoms with E-state index in [2.05, 4.69) is 34.9 Å². The minimum absolute atomic E-state index is 0.00795. The van der Waals surface area contributed by atoms with E-state index in [-0.39, 0.29) is 25.0 Å². The molecule has 0 aromatic heterocycles. The number of rotatable bonds is 8. The van der Waals surface area contributed by atoms with Crippen molar-refractivity contribution in [1.82, 2.24) is 10.6 Å². The summed E-state index contributed by atoms with van der Waals surface area (Å²) in [5.41, 5.74) is 5.78. The van der Waals surface area contributed by atoms with Gasteiger partial charge in [-0.2, -0.15) is 0 Å². The van der Waals surface area contributed by atoms with Crippen molar-refractivity contribution in [2.24, 2.45) is 5.92 Å². The van der Waals surface area contributed by atoms with E-state index in [0.29, 0.717) is 5.56 Å². The van der Waals surface area contributed by atoms with Crippen LogP contribution >= 0.6 is 0 Å². The third-order valence-electron chi connectivity index (χ3n) is 6.22. The first-order valence-electron chi connectivity index (χ1n) is 11.6. The summed E-state index contributed by atoms with van der Waals surface area (Å²) in [6.07, 6.45) is -0.519. The van der Waals surface area contributed by atoms with E-state index in [0.717, 1.165) is 16.7 Å². The summed E-state index contributed by atoms with van der Waals surface area (Å²) in [5.74, 6) is -1.78. The zero-order valence-electron chi connectivity index (χ0n) is 19.7. The highest BCUT2D eigenvalue weighted by Gasteiger charge is 2.29. The van der Waals surface area contributed by atoms with Crippen molar-refractivity contribution in [2.75, 3.05) is 6.61 Å². The molecule has 0 fully saturated rings. The van der Waals surface area contributed by atoms with Crippen molar-refractivity contribution in [3.8, 4) is 11.1 Å². The molecule has 35 heavy (non-hydrogen) atoms. The van der Waals surface area contributed by atoms with Crippen LogP contribution in [0, 0.1) is 5.92 Å². The summed E-state index contributed by atoms with van der Waals surface area (Å²) in [7, 11) is 0. The van der Waals surface area contributed by atoms with Gasteiger partial charge in [-0.3, -0.25) is 4.79 Å². The summed E-state index contributed by atoms with van der Waals surface area (Å²) in [5, 5.41) is 14.5. The van der Waals surface area contributed by atoms with E-state index in [1.807, 2.05) is 24.3 Å². The second kappa shape index (κ2) is 10.4. The summed E-state index contributed by atoms with van der Waals surface area (Å²) in [4.78, 5) is 36.0. The van der Waals surface area contributed by atoms with E-state index in [9.17, 15) is 19.5 Å². The van der Waals surface area contributed by atoms with Gasteiger partial charge in [0.2, 0.25) is 0 Å². The van der Waals surface area contributed by atoms with E-state index < -0.39 is 24.0 Å². The third kappa shape index (κ3) is 5.35. The van der Waals surface area contributed by atoms with Crippen molar-refractivity contribution in [2.45, 2.75) is 32.4 Å². The number of carboxylic acids is 1. The van der Waals surface area contributed by atoms with Crippen LogP contribution in [0.1, 0.15) is 46.8 Å². The predicted octanol–water partition coefficient (Wildman–Crippen LogP) is 4.56. The molecule has 7 heteroatoms. The number of carbonyl (C=O) groups is 3. The summed E-state index contributed by atoms with van der Waals surface area (Å²) < 4.78 is 5.54. The lowest BCUT2D eigenvalue weighted by Gasteiger charge is -2.18. The Labute approximate surface area is 204 Å². The number of fused-ring (bicyclic) bond motifs is 3. The molecular weight excluding hydrogens is 444 g/mol. The molecule has 3 aromatic rings. The van der Waals surface area contributed by atoms with Crippen molar-refractivity contribution < 1.29 is 24.2 Å². The molecule has 7 nitrogen and oxygen atoms in total. The van der Waals surface area contributed by atoms with Crippen molar-refractivity contribution in [1.29, 1.82) is 0 Å². The summed E-state index contributed by atoms with van der Waals surface area (Å²) >= 11 is 0. The monoisotopic (exact) mass is 472 g/mol. The SMILES string of the molecule is CC(C)[C@H](NC(=O)c1ccc(CNC(=O)OCC2c3ccccc3-c3ccccc32)cc1)C(=O)O. The Kier molecular flexibility index (Phi) is 7.15. The Balaban J connectivity index is 1.30. The number of amides is 2. The van der Waals surface area contributed by atoms with Gasteiger partial charge in [0, 0.05) is 18.0 Å². The van der Waals surface area contributed by atoms with Gasteiger partial charge in [-0.05, 0) is 45.9 Å². The van der Waals surface area contributed by atoms with Crippen molar-refractivity contribution in [3.05, 3.63) is 95.1 Å². The molecule has 0 radical (unpaired) electrons. The number of hydrogen-bond acceptors (Lipinski definition) is 4. The van der Waals surface area contributed by atoms with Crippen LogP contribution in [0.2, 0.25) is 0 Å². The number of carbonyl (C=O) groups excluding carboxylic acids is 2. The summed E-state index contributed by atoms with van der Waals surface area (Å²) in [6, 6.07) is 22.0. The van der Waals surface area contributed by atoms with Crippen LogP contribution in [0.4, 0.5) is 4.79 Å². The number of alkyl carbamates (subject to hydrolysis) is 1. The van der Waals surface area contributed by atoms with Gasteiger partial charge < -0.3 is 20.5 Å². The highest BCUT2D eigenvalue weighted by atomic mass is 16.5. The van der Waals surface area contributed by atoms with Crippen molar-refractivity contribution in [3.63, 3.8) is 0 Å². The molecule has 1 aliphatic rings. The van der Waals surface area contributed by atoms with Crippen LogP contribution in [-0.2, 0) is 16.1 Å². The lowest BCUT2D eigenvalue weighted by molar-refractivity contribution is -0.140. The molecule has 1 aliphatic carbocycles. The van der Waals surface area contributed by atoms with E-state index in [4.69, 9.17) is 4.74 Å². The quantitative estimate of drug-likeness (QED) is 0.446. The van der Waals surface area contributed by atoms with Crippen LogP contribution in [0.5, 0.6) is 0 Å². The van der Waals surface area contributed by atoms with Gasteiger partial charge in [0.05, 0.1) is 0 Å². The lowest BCUT2D eigenvalue weighted by atomic mass is 9.98. The van der Waals surface area contributed by atoms with E-state index in [1.54, 1.807) is 38.1 Å². The van der Waals surface area contributed by atoms with Crippen LogP contribution in [0.25, 0.3) is 11.1 Å². The number of aliphatic carboxylic acids is 1. The fourth-order valence-corrected chi connectivity index (χ4v) is 4.34. The van der Waals surface area contributed by atoms with E-state index >= 15 is 0 Å². The van der Waals surface area contributed by atoms with Crippen molar-refractivity contribution >= 4 is 18.0 Å². The molecule has 0 saturated heterocycles. The molecule has 4 rings (SSSR count). The molecule has 3 N–H and O–H groups in total. The molecule has 2 amide bonds. The van der Waals surface area contributed by atoms with Crippen LogP contribution in [0.3, 0.4) is 0 Å². The smallest absolute Gasteiger partial charge is 0.407 e. The number of carboxylic acid groups (broad SMARTS) is 1. The second-order valence-electron chi connectivity index (χ2n) is 8.91. The van der Waals surface area contributed by atoms with Crippen LogP contribution < -0.4 is 10.6 Å². The first-order chi connectivity index (χ1) is 16.8. The number of ether oxygens (including phenoxy) is 1. The maximum atomic E-state index is 12.4. The first kappa shape index (κ1) is 24.0. The molecule has 3 aromatic carbocycles. The highest BCUT2D eigenvalue weighted by molar-refractivity contribution is 5.96. The third-order valence-corrected chi connectivity index (χ3v) is 6.22. The fraction of sp³-hybridized carbons (Fsp3) is 0.250. The topological polar surface area (TPSA) is 105 Å². The van der Waals surface area contributed by atoms with Crippen LogP contribution in [0.15, 0.2) is 72.8 Å². The lowest BCUT2D eigenvalue weighted by Crippen LogP contribution is -2.44. The molecule has 0 saturated carbocycles. The number of benzene rings is 3. The zero-order chi connectivity index (χ0) is 24.9. The van der Waals surface area contributed by atoms with Gasteiger partial charge in [-0.1, -0.05) is 74.5 Å². The Bertz CT molecular complexity index is 1190. The van der Waals surface area contributed by atoms with Gasteiger partial charge in [-0.15, -0.1) is 0 Å². The minimum Gasteiger partial charge on any atom is -0.480 e. The minimum atomic E-state index is -1.07. The second-order valence-corrected chi connectivity index (χ2v) is 8.91.